The number of aliphatic hydroxyl groups excluding tert-OH is 2. The van der Waals surface area contributed by atoms with Crippen LogP contribution in [0.3, 0.4) is 0 Å². The van der Waals surface area contributed by atoms with Gasteiger partial charge in [0.1, 0.15) is 0 Å². The van der Waals surface area contributed by atoms with E-state index in [2.05, 4.69) is 60.8 Å². The fourth-order valence-electron chi connectivity index (χ4n) is 3.77. The molecule has 0 rings (SSSR count). The third kappa shape index (κ3) is 23.8. The fraction of sp³-hybridized carbons (Fsp3) is 0.656. The molecule has 36 heavy (non-hydrogen) atoms. The summed E-state index contributed by atoms with van der Waals surface area (Å²) < 4.78 is 0. The first-order valence-electron chi connectivity index (χ1n) is 14.5. The van der Waals surface area contributed by atoms with Crippen LogP contribution in [0.15, 0.2) is 60.8 Å². The van der Waals surface area contributed by atoms with Crippen LogP contribution in [0.1, 0.15) is 117 Å². The summed E-state index contributed by atoms with van der Waals surface area (Å²) in [6.07, 6.45) is 37.3. The second-order valence-electron chi connectivity index (χ2n) is 9.45. The maximum atomic E-state index is 12.2. The number of allylic oxidation sites excluding steroid dienone is 9. The Hall–Kier alpha value is -1.91. The Balaban J connectivity index is 3.78. The monoisotopic (exact) mass is 501 g/mol. The van der Waals surface area contributed by atoms with E-state index in [1.165, 1.54) is 38.5 Å². The van der Waals surface area contributed by atoms with Crippen LogP contribution in [0.25, 0.3) is 0 Å². The van der Waals surface area contributed by atoms with E-state index in [4.69, 9.17) is 0 Å². The summed E-state index contributed by atoms with van der Waals surface area (Å²) in [6.45, 7) is 3.99. The van der Waals surface area contributed by atoms with Crippen molar-refractivity contribution >= 4 is 5.91 Å². The second kappa shape index (κ2) is 27.7. The van der Waals surface area contributed by atoms with E-state index in [9.17, 15) is 15.0 Å². The van der Waals surface area contributed by atoms with Crippen LogP contribution in [0.4, 0.5) is 0 Å². The van der Waals surface area contributed by atoms with Crippen molar-refractivity contribution in [2.45, 2.75) is 129 Å². The molecule has 0 aromatic rings. The first-order chi connectivity index (χ1) is 17.7. The molecule has 0 aromatic heterocycles. The van der Waals surface area contributed by atoms with Crippen molar-refractivity contribution in [3.63, 3.8) is 0 Å². The normalized spacial score (nSPS) is 14.2. The van der Waals surface area contributed by atoms with Gasteiger partial charge in [-0.05, 0) is 71.1 Å². The van der Waals surface area contributed by atoms with Gasteiger partial charge in [0.05, 0.1) is 18.8 Å². The van der Waals surface area contributed by atoms with Crippen LogP contribution in [-0.4, -0.2) is 34.9 Å². The minimum atomic E-state index is -0.873. The van der Waals surface area contributed by atoms with Crippen molar-refractivity contribution in [3.8, 4) is 0 Å². The molecule has 0 aliphatic heterocycles. The zero-order chi connectivity index (χ0) is 26.5. The third-order valence-electron chi connectivity index (χ3n) is 6.05. The number of hydrogen-bond donors (Lipinski definition) is 3. The van der Waals surface area contributed by atoms with Gasteiger partial charge in [-0.25, -0.2) is 0 Å². The maximum Gasteiger partial charge on any atom is 0.220 e. The van der Waals surface area contributed by atoms with Gasteiger partial charge in [0.2, 0.25) is 5.91 Å². The van der Waals surface area contributed by atoms with E-state index in [1.54, 1.807) is 6.08 Å². The number of hydrogen-bond acceptors (Lipinski definition) is 3. The van der Waals surface area contributed by atoms with Crippen LogP contribution >= 0.6 is 0 Å². The molecule has 0 spiro atoms. The van der Waals surface area contributed by atoms with Gasteiger partial charge in [-0.1, -0.05) is 99.8 Å². The minimum Gasteiger partial charge on any atom is -0.394 e. The van der Waals surface area contributed by atoms with Crippen molar-refractivity contribution in [3.05, 3.63) is 60.8 Å². The zero-order valence-electron chi connectivity index (χ0n) is 23.3. The van der Waals surface area contributed by atoms with Crippen LogP contribution in [0, 0.1) is 0 Å². The quantitative estimate of drug-likeness (QED) is 0.0930. The number of nitrogens with one attached hydrogen (secondary N) is 1. The molecule has 0 aliphatic carbocycles. The molecule has 0 fully saturated rings. The van der Waals surface area contributed by atoms with Gasteiger partial charge in [-0.2, -0.15) is 0 Å². The van der Waals surface area contributed by atoms with Crippen molar-refractivity contribution in [1.29, 1.82) is 0 Å². The van der Waals surface area contributed by atoms with E-state index in [1.807, 2.05) is 13.0 Å². The summed E-state index contributed by atoms with van der Waals surface area (Å²) in [5.41, 5.74) is 0. The van der Waals surface area contributed by atoms with Crippen LogP contribution < -0.4 is 5.32 Å². The Kier molecular flexibility index (Phi) is 26.2. The largest absolute Gasteiger partial charge is 0.394 e. The predicted octanol–water partition coefficient (Wildman–Crippen LogP) is 7.89. The molecule has 4 heteroatoms. The number of unbranched alkanes of at least 4 members (excludes halogenated alkanes) is 10. The number of rotatable bonds is 24. The number of amides is 1. The van der Waals surface area contributed by atoms with Gasteiger partial charge in [-0.15, -0.1) is 0 Å². The van der Waals surface area contributed by atoms with E-state index in [0.29, 0.717) is 6.42 Å². The molecular weight excluding hydrogens is 446 g/mol. The molecule has 1 amide bonds. The molecule has 0 saturated carbocycles. The number of carbonyl (C=O) groups is 1. The van der Waals surface area contributed by atoms with Gasteiger partial charge in [-0.3, -0.25) is 4.79 Å². The molecule has 206 valence electrons. The number of carbonyl (C=O) groups excluding carboxylic acids is 1. The molecule has 0 aromatic carbocycles. The zero-order valence-corrected chi connectivity index (χ0v) is 23.3. The highest BCUT2D eigenvalue weighted by atomic mass is 16.3. The van der Waals surface area contributed by atoms with Crippen molar-refractivity contribution in [2.24, 2.45) is 0 Å². The molecule has 0 saturated heterocycles. The van der Waals surface area contributed by atoms with E-state index in [0.717, 1.165) is 57.8 Å². The molecule has 4 nitrogen and oxygen atoms in total. The third-order valence-corrected chi connectivity index (χ3v) is 6.05. The smallest absolute Gasteiger partial charge is 0.220 e. The maximum absolute atomic E-state index is 12.2. The van der Waals surface area contributed by atoms with E-state index in [-0.39, 0.29) is 12.5 Å². The Bertz CT molecular complexity index is 633. The summed E-state index contributed by atoms with van der Waals surface area (Å²) in [5.74, 6) is -0.101. The molecule has 0 aliphatic rings. The molecular formula is C32H55NO3. The Morgan fingerprint density at radius 1 is 0.722 bits per heavy atom. The van der Waals surface area contributed by atoms with Gasteiger partial charge in [0, 0.05) is 6.42 Å². The molecule has 0 radical (unpaired) electrons. The SMILES string of the molecule is C/C=C/CC/C=C/CC/C=C/C(O)C(CO)NC(=O)CCCCCCC/C=C\C/C=C\CCCCC. The molecule has 2 unspecified atom stereocenters. The standard InChI is InChI=1S/C32H55NO3/c1-3-5-7-9-11-13-14-15-16-17-18-20-22-24-26-28-32(36)33-30(29-34)31(35)27-25-23-21-19-12-10-8-6-4-2/h4,6,11-13,15-16,19,25,27,30-31,34-35H,3,5,7-10,14,17-18,20-24,26,28-29H2,1-2H3,(H,33,36)/b6-4+,13-11-,16-15-,19-12+,27-25+. The topological polar surface area (TPSA) is 69.6 Å². The average Bonchev–Trinajstić information content (AvgIpc) is 2.88. The molecule has 0 bridgehead atoms. The summed E-state index contributed by atoms with van der Waals surface area (Å²) >= 11 is 0. The highest BCUT2D eigenvalue weighted by Crippen LogP contribution is 2.09. The van der Waals surface area contributed by atoms with Crippen LogP contribution in [0.5, 0.6) is 0 Å². The lowest BCUT2D eigenvalue weighted by Gasteiger charge is -2.19. The first-order valence-corrected chi connectivity index (χ1v) is 14.5. The fourth-order valence-corrected chi connectivity index (χ4v) is 3.77. The van der Waals surface area contributed by atoms with Crippen LogP contribution in [-0.2, 0) is 4.79 Å². The molecule has 2 atom stereocenters. The second-order valence-corrected chi connectivity index (χ2v) is 9.45. The summed E-state index contributed by atoms with van der Waals surface area (Å²) in [6, 6.07) is -0.650. The highest BCUT2D eigenvalue weighted by molar-refractivity contribution is 5.76. The Morgan fingerprint density at radius 2 is 1.28 bits per heavy atom. The van der Waals surface area contributed by atoms with Gasteiger partial charge in [0.15, 0.2) is 0 Å². The van der Waals surface area contributed by atoms with Crippen molar-refractivity contribution in [2.75, 3.05) is 6.61 Å². The Morgan fingerprint density at radius 3 is 1.92 bits per heavy atom. The van der Waals surface area contributed by atoms with Crippen molar-refractivity contribution in [1.82, 2.24) is 5.32 Å². The number of aliphatic hydroxyl groups is 2. The first kappa shape index (κ1) is 34.1. The van der Waals surface area contributed by atoms with Crippen molar-refractivity contribution < 1.29 is 15.0 Å². The van der Waals surface area contributed by atoms with E-state index < -0.39 is 12.1 Å². The van der Waals surface area contributed by atoms with E-state index >= 15 is 0 Å². The molecule has 3 N–H and O–H groups in total. The summed E-state index contributed by atoms with van der Waals surface area (Å²) in [7, 11) is 0. The minimum absolute atomic E-state index is 0.101. The van der Waals surface area contributed by atoms with Crippen LogP contribution in [0.2, 0.25) is 0 Å². The lowest BCUT2D eigenvalue weighted by Crippen LogP contribution is -2.45. The predicted molar refractivity (Wildman–Crippen MR) is 156 cm³/mol. The van der Waals surface area contributed by atoms with Gasteiger partial charge in [0.25, 0.3) is 0 Å². The lowest BCUT2D eigenvalue weighted by molar-refractivity contribution is -0.123. The summed E-state index contributed by atoms with van der Waals surface area (Å²) in [5, 5.41) is 22.6. The lowest BCUT2D eigenvalue weighted by atomic mass is 10.1. The van der Waals surface area contributed by atoms with Gasteiger partial charge < -0.3 is 15.5 Å². The summed E-state index contributed by atoms with van der Waals surface area (Å²) in [4.78, 5) is 12.2. The van der Waals surface area contributed by atoms with Gasteiger partial charge >= 0.3 is 0 Å². The molecule has 0 heterocycles. The Labute approximate surface area is 222 Å². The average molecular weight is 502 g/mol. The highest BCUT2D eigenvalue weighted by Gasteiger charge is 2.17.